The number of aromatic nitrogens is 1. The summed E-state index contributed by atoms with van der Waals surface area (Å²) < 4.78 is 7.09. The Labute approximate surface area is 245 Å². The lowest BCUT2D eigenvalue weighted by atomic mass is 9.89. The maximum atomic E-state index is 14.3. The number of carbonyl (C=O) groups excluding carboxylic acids is 1. The van der Waals surface area contributed by atoms with Crippen LogP contribution >= 0.6 is 22.9 Å². The molecule has 5 rings (SSSR count). The molecule has 1 fully saturated rings. The van der Waals surface area contributed by atoms with Gasteiger partial charge in [-0.1, -0.05) is 35.9 Å². The van der Waals surface area contributed by atoms with Crippen LogP contribution in [0.25, 0.3) is 21.2 Å². The van der Waals surface area contributed by atoms with E-state index in [0.717, 1.165) is 64.0 Å². The number of fused-ring (bicyclic) bond motifs is 1. The van der Waals surface area contributed by atoms with Crippen LogP contribution in [0.15, 0.2) is 60.8 Å². The summed E-state index contributed by atoms with van der Waals surface area (Å²) in [5.41, 5.74) is 3.04. The van der Waals surface area contributed by atoms with Gasteiger partial charge in [-0.3, -0.25) is 4.79 Å². The smallest absolute Gasteiger partial charge is 0.266 e. The van der Waals surface area contributed by atoms with E-state index in [2.05, 4.69) is 47.5 Å². The summed E-state index contributed by atoms with van der Waals surface area (Å²) in [6.07, 6.45) is 5.90. The molecular formula is C32H37ClN4O2S. The van der Waals surface area contributed by atoms with Gasteiger partial charge in [-0.2, -0.15) is 0 Å². The SMILES string of the molecule is CCOc1ccc(-c2ccc(NC)nc2)cc1CN(C(=O)c1sc2ccccc2c1Cl)C1CCC(N(C)C)CC1. The number of nitrogens with zero attached hydrogens (tertiary/aromatic N) is 3. The predicted molar refractivity (Wildman–Crippen MR) is 167 cm³/mol. The first-order valence-corrected chi connectivity index (χ1v) is 15.1. The van der Waals surface area contributed by atoms with E-state index in [1.165, 1.54) is 11.3 Å². The van der Waals surface area contributed by atoms with Crippen LogP contribution in [0.5, 0.6) is 5.75 Å². The van der Waals surface area contributed by atoms with Crippen molar-refractivity contribution in [2.45, 2.75) is 51.2 Å². The van der Waals surface area contributed by atoms with Gasteiger partial charge < -0.3 is 19.9 Å². The van der Waals surface area contributed by atoms with Gasteiger partial charge in [0.1, 0.15) is 16.4 Å². The molecule has 0 spiro atoms. The van der Waals surface area contributed by atoms with Crippen molar-refractivity contribution in [3.8, 4) is 16.9 Å². The minimum Gasteiger partial charge on any atom is -0.494 e. The Bertz CT molecular complexity index is 1460. The molecule has 0 atom stereocenters. The fraction of sp³-hybridized carbons (Fsp3) is 0.375. The van der Waals surface area contributed by atoms with Crippen LogP contribution < -0.4 is 10.1 Å². The number of thiophene rings is 1. The maximum absolute atomic E-state index is 14.3. The van der Waals surface area contributed by atoms with Crippen molar-refractivity contribution in [2.75, 3.05) is 33.1 Å². The van der Waals surface area contributed by atoms with Crippen LogP contribution in [-0.2, 0) is 6.54 Å². The van der Waals surface area contributed by atoms with Crippen LogP contribution in [0.3, 0.4) is 0 Å². The van der Waals surface area contributed by atoms with Gasteiger partial charge in [-0.25, -0.2) is 4.98 Å². The van der Waals surface area contributed by atoms with E-state index >= 15 is 0 Å². The van der Waals surface area contributed by atoms with E-state index in [1.807, 2.05) is 61.5 Å². The van der Waals surface area contributed by atoms with Crippen molar-refractivity contribution in [1.82, 2.24) is 14.8 Å². The monoisotopic (exact) mass is 576 g/mol. The van der Waals surface area contributed by atoms with Gasteiger partial charge in [0.15, 0.2) is 0 Å². The average molecular weight is 577 g/mol. The first kappa shape index (κ1) is 28.4. The maximum Gasteiger partial charge on any atom is 0.266 e. The van der Waals surface area contributed by atoms with E-state index < -0.39 is 0 Å². The summed E-state index contributed by atoms with van der Waals surface area (Å²) in [6, 6.07) is 18.9. The third kappa shape index (κ3) is 5.97. The van der Waals surface area contributed by atoms with E-state index in [4.69, 9.17) is 16.3 Å². The Morgan fingerprint density at radius 3 is 2.42 bits per heavy atom. The molecule has 40 heavy (non-hydrogen) atoms. The summed E-state index contributed by atoms with van der Waals surface area (Å²) in [6.45, 7) is 2.99. The van der Waals surface area contributed by atoms with Gasteiger partial charge in [0.05, 0.1) is 11.6 Å². The zero-order chi connectivity index (χ0) is 28.2. The highest BCUT2D eigenvalue weighted by Gasteiger charge is 2.33. The van der Waals surface area contributed by atoms with Crippen molar-refractivity contribution in [3.63, 3.8) is 0 Å². The fourth-order valence-corrected chi connectivity index (χ4v) is 7.08. The molecule has 0 aliphatic heterocycles. The normalized spacial score (nSPS) is 17.2. The van der Waals surface area contributed by atoms with Gasteiger partial charge in [0.25, 0.3) is 5.91 Å². The quantitative estimate of drug-likeness (QED) is 0.223. The topological polar surface area (TPSA) is 57.7 Å². The lowest BCUT2D eigenvalue weighted by Gasteiger charge is -2.39. The zero-order valence-electron chi connectivity index (χ0n) is 23.6. The number of benzene rings is 2. The van der Waals surface area contributed by atoms with Crippen molar-refractivity contribution in [1.29, 1.82) is 0 Å². The number of pyridine rings is 1. The summed E-state index contributed by atoms with van der Waals surface area (Å²) in [5.74, 6) is 1.61. The number of hydrogen-bond donors (Lipinski definition) is 1. The third-order valence-corrected chi connectivity index (χ3v) is 9.54. The Morgan fingerprint density at radius 2 is 1.77 bits per heavy atom. The zero-order valence-corrected chi connectivity index (χ0v) is 25.2. The summed E-state index contributed by atoms with van der Waals surface area (Å²) in [4.78, 5) is 23.8. The lowest BCUT2D eigenvalue weighted by molar-refractivity contribution is 0.0572. The number of hydrogen-bond acceptors (Lipinski definition) is 6. The van der Waals surface area contributed by atoms with Crippen LogP contribution in [-0.4, -0.2) is 60.5 Å². The second kappa shape index (κ2) is 12.6. The van der Waals surface area contributed by atoms with E-state index in [9.17, 15) is 4.79 Å². The molecule has 0 bridgehead atoms. The van der Waals surface area contributed by atoms with Gasteiger partial charge in [-0.15, -0.1) is 11.3 Å². The van der Waals surface area contributed by atoms with E-state index in [0.29, 0.717) is 29.1 Å². The number of halogens is 1. The predicted octanol–water partition coefficient (Wildman–Crippen LogP) is 7.57. The molecule has 1 aliphatic carbocycles. The Morgan fingerprint density at radius 1 is 1.05 bits per heavy atom. The minimum atomic E-state index is -0.00704. The summed E-state index contributed by atoms with van der Waals surface area (Å²) >= 11 is 8.31. The van der Waals surface area contributed by atoms with Gasteiger partial charge in [0.2, 0.25) is 0 Å². The van der Waals surface area contributed by atoms with Gasteiger partial charge >= 0.3 is 0 Å². The first-order valence-electron chi connectivity index (χ1n) is 13.9. The van der Waals surface area contributed by atoms with Crippen molar-refractivity contribution >= 4 is 44.7 Å². The highest BCUT2D eigenvalue weighted by Crippen LogP contribution is 2.38. The van der Waals surface area contributed by atoms with E-state index in [-0.39, 0.29) is 11.9 Å². The molecule has 1 amide bonds. The first-order chi connectivity index (χ1) is 19.4. The molecule has 0 saturated heterocycles. The van der Waals surface area contributed by atoms with Crippen LogP contribution in [0.1, 0.15) is 47.8 Å². The molecule has 1 saturated carbocycles. The molecule has 1 N–H and O–H groups in total. The molecule has 4 aromatic rings. The highest BCUT2D eigenvalue weighted by molar-refractivity contribution is 7.21. The molecule has 8 heteroatoms. The number of ether oxygens (including phenoxy) is 1. The molecule has 210 valence electrons. The number of amides is 1. The molecule has 2 aromatic heterocycles. The largest absolute Gasteiger partial charge is 0.494 e. The second-order valence-electron chi connectivity index (χ2n) is 10.5. The molecule has 2 heterocycles. The highest BCUT2D eigenvalue weighted by atomic mass is 35.5. The van der Waals surface area contributed by atoms with Crippen LogP contribution in [0.4, 0.5) is 5.82 Å². The number of nitrogens with one attached hydrogen (secondary N) is 1. The molecule has 0 radical (unpaired) electrons. The van der Waals surface area contributed by atoms with Gasteiger partial charge in [0, 0.05) is 53.1 Å². The van der Waals surface area contributed by atoms with Crippen molar-refractivity contribution in [2.24, 2.45) is 0 Å². The molecular weight excluding hydrogens is 540 g/mol. The summed E-state index contributed by atoms with van der Waals surface area (Å²) in [7, 11) is 6.14. The lowest BCUT2D eigenvalue weighted by Crippen LogP contribution is -2.44. The molecule has 0 unspecified atom stereocenters. The Balaban J connectivity index is 1.52. The third-order valence-electron chi connectivity index (χ3n) is 7.88. The molecule has 6 nitrogen and oxygen atoms in total. The van der Waals surface area contributed by atoms with Crippen LogP contribution in [0.2, 0.25) is 5.02 Å². The Hall–Kier alpha value is -3.13. The average Bonchev–Trinajstić information content (AvgIpc) is 3.32. The minimum absolute atomic E-state index is 0.00704. The Kier molecular flexibility index (Phi) is 8.94. The second-order valence-corrected chi connectivity index (χ2v) is 12.0. The summed E-state index contributed by atoms with van der Waals surface area (Å²) in [5, 5.41) is 4.55. The number of anilines is 1. The fourth-order valence-electron chi connectivity index (χ4n) is 5.61. The van der Waals surface area contributed by atoms with Crippen molar-refractivity contribution < 1.29 is 9.53 Å². The van der Waals surface area contributed by atoms with Crippen molar-refractivity contribution in [3.05, 3.63) is 76.3 Å². The van der Waals surface area contributed by atoms with Gasteiger partial charge in [-0.05, 0) is 82.6 Å². The standard InChI is InChI=1S/C32H37ClN4O2S/c1-5-39-27-16-10-21(22-11-17-29(34-2)35-19-22)18-23(27)20-37(25-14-12-24(13-15-25)36(3)4)32(38)31-30(33)26-8-6-7-9-28(26)40-31/h6-11,16-19,24-25H,5,12-15,20H2,1-4H3,(H,34,35). The number of carbonyl (C=O) groups is 1. The number of rotatable bonds is 9. The van der Waals surface area contributed by atoms with Crippen LogP contribution in [0, 0.1) is 0 Å². The molecule has 1 aliphatic rings. The molecule has 2 aromatic carbocycles. The van der Waals surface area contributed by atoms with E-state index in [1.54, 1.807) is 0 Å².